The molecule has 8 nitrogen and oxygen atoms in total. The van der Waals surface area contributed by atoms with Gasteiger partial charge in [-0.1, -0.05) is 0 Å². The lowest BCUT2D eigenvalue weighted by molar-refractivity contribution is -0.199. The third-order valence-electron chi connectivity index (χ3n) is 1.65. The third kappa shape index (κ3) is 2.92. The zero-order chi connectivity index (χ0) is 13.5. The van der Waals surface area contributed by atoms with Crippen molar-refractivity contribution in [3.63, 3.8) is 0 Å². The fraction of sp³-hybridized carbons (Fsp3) is 0.556. The van der Waals surface area contributed by atoms with Crippen molar-refractivity contribution in [3.05, 3.63) is 0 Å². The summed E-state index contributed by atoms with van der Waals surface area (Å²) in [4.78, 5) is 44.0. The highest BCUT2D eigenvalue weighted by Crippen LogP contribution is 2.16. The Morgan fingerprint density at radius 2 is 1.53 bits per heavy atom. The Kier molecular flexibility index (Phi) is 5.65. The number of rotatable bonds is 7. The standard InChI is InChI=1S/C9H12O8/c1-3-15-7(13)9(6(11)12,17-5-10)8(14)16-4-2/h5H,3-4H2,1-2H3,(H,11,12). The van der Waals surface area contributed by atoms with Crippen LogP contribution in [0.2, 0.25) is 0 Å². The van der Waals surface area contributed by atoms with Crippen LogP contribution in [0.5, 0.6) is 0 Å². The molecule has 0 aliphatic carbocycles. The van der Waals surface area contributed by atoms with E-state index in [4.69, 9.17) is 5.11 Å². The van der Waals surface area contributed by atoms with E-state index in [0.29, 0.717) is 0 Å². The van der Waals surface area contributed by atoms with Crippen molar-refractivity contribution in [2.24, 2.45) is 0 Å². The van der Waals surface area contributed by atoms with Crippen molar-refractivity contribution in [1.29, 1.82) is 0 Å². The second kappa shape index (κ2) is 6.46. The summed E-state index contributed by atoms with van der Waals surface area (Å²) in [6, 6.07) is 0. The van der Waals surface area contributed by atoms with E-state index in [1.807, 2.05) is 0 Å². The highest BCUT2D eigenvalue weighted by molar-refractivity contribution is 6.22. The molecular weight excluding hydrogens is 236 g/mol. The lowest BCUT2D eigenvalue weighted by atomic mass is 10.1. The van der Waals surface area contributed by atoms with Crippen LogP contribution < -0.4 is 0 Å². The van der Waals surface area contributed by atoms with E-state index in [0.717, 1.165) is 0 Å². The zero-order valence-corrected chi connectivity index (χ0v) is 9.30. The molecule has 0 radical (unpaired) electrons. The molecule has 0 saturated carbocycles. The van der Waals surface area contributed by atoms with Crippen LogP contribution in [-0.2, 0) is 33.4 Å². The van der Waals surface area contributed by atoms with E-state index in [9.17, 15) is 19.2 Å². The summed E-state index contributed by atoms with van der Waals surface area (Å²) in [5, 5.41) is 8.86. The van der Waals surface area contributed by atoms with Crippen molar-refractivity contribution in [2.45, 2.75) is 19.4 Å². The summed E-state index contributed by atoms with van der Waals surface area (Å²) < 4.78 is 12.9. The van der Waals surface area contributed by atoms with Crippen LogP contribution >= 0.6 is 0 Å². The molecule has 0 aliphatic heterocycles. The minimum absolute atomic E-state index is 0.185. The summed E-state index contributed by atoms with van der Waals surface area (Å²) in [5.41, 5.74) is -3.10. The van der Waals surface area contributed by atoms with Gasteiger partial charge in [0, 0.05) is 0 Å². The van der Waals surface area contributed by atoms with Crippen LogP contribution in [0.4, 0.5) is 0 Å². The number of hydrogen-bond donors (Lipinski definition) is 1. The van der Waals surface area contributed by atoms with Gasteiger partial charge in [-0.05, 0) is 13.8 Å². The summed E-state index contributed by atoms with van der Waals surface area (Å²) in [5.74, 6) is -5.02. The van der Waals surface area contributed by atoms with E-state index in [1.165, 1.54) is 13.8 Å². The molecule has 0 spiro atoms. The van der Waals surface area contributed by atoms with E-state index < -0.39 is 23.5 Å². The maximum atomic E-state index is 11.4. The second-order valence-electron chi connectivity index (χ2n) is 2.64. The lowest BCUT2D eigenvalue weighted by Gasteiger charge is -2.22. The lowest BCUT2D eigenvalue weighted by Crippen LogP contribution is -2.57. The van der Waals surface area contributed by atoms with Gasteiger partial charge in [0.05, 0.1) is 13.2 Å². The number of hydrogen-bond acceptors (Lipinski definition) is 7. The first kappa shape index (κ1) is 14.9. The van der Waals surface area contributed by atoms with Crippen LogP contribution in [0.15, 0.2) is 0 Å². The first-order valence-electron chi connectivity index (χ1n) is 4.66. The Bertz CT molecular complexity index is 303. The van der Waals surface area contributed by atoms with Gasteiger partial charge in [-0.25, -0.2) is 14.4 Å². The van der Waals surface area contributed by atoms with Crippen LogP contribution in [0, 0.1) is 0 Å². The predicted octanol–water partition coefficient (Wildman–Crippen LogP) is -0.891. The number of carbonyl (C=O) groups is 4. The number of carboxylic acid groups (broad SMARTS) is 1. The van der Waals surface area contributed by atoms with Crippen molar-refractivity contribution in [1.82, 2.24) is 0 Å². The molecule has 1 N–H and O–H groups in total. The van der Waals surface area contributed by atoms with Gasteiger partial charge in [-0.3, -0.25) is 4.79 Å². The minimum atomic E-state index is -3.10. The van der Waals surface area contributed by atoms with E-state index in [1.54, 1.807) is 0 Å². The molecule has 0 amide bonds. The molecule has 0 rings (SSSR count). The SMILES string of the molecule is CCOC(=O)C(OC=O)(C(=O)O)C(=O)OCC. The summed E-state index contributed by atoms with van der Waals surface area (Å²) in [7, 11) is 0. The van der Waals surface area contributed by atoms with Gasteiger partial charge in [0.2, 0.25) is 0 Å². The quantitative estimate of drug-likeness (QED) is 0.267. The molecule has 96 valence electrons. The summed E-state index contributed by atoms with van der Waals surface area (Å²) in [6.07, 6.45) is 0. The number of carboxylic acids is 1. The molecule has 0 aromatic heterocycles. The summed E-state index contributed by atoms with van der Waals surface area (Å²) in [6.45, 7) is 2.10. The number of carbonyl (C=O) groups excluding carboxylic acids is 3. The van der Waals surface area contributed by atoms with Gasteiger partial charge >= 0.3 is 23.5 Å². The van der Waals surface area contributed by atoms with Gasteiger partial charge < -0.3 is 19.3 Å². The van der Waals surface area contributed by atoms with Crippen molar-refractivity contribution in [3.8, 4) is 0 Å². The third-order valence-corrected chi connectivity index (χ3v) is 1.65. The monoisotopic (exact) mass is 248 g/mol. The molecular formula is C9H12O8. The second-order valence-corrected chi connectivity index (χ2v) is 2.64. The van der Waals surface area contributed by atoms with Crippen LogP contribution in [0.1, 0.15) is 13.8 Å². The summed E-state index contributed by atoms with van der Waals surface area (Å²) >= 11 is 0. The highest BCUT2D eigenvalue weighted by atomic mass is 16.6. The Morgan fingerprint density at radius 3 is 1.76 bits per heavy atom. The fourth-order valence-corrected chi connectivity index (χ4v) is 0.942. The van der Waals surface area contributed by atoms with Gasteiger partial charge in [0.1, 0.15) is 0 Å². The molecule has 8 heteroatoms. The molecule has 0 aromatic carbocycles. The van der Waals surface area contributed by atoms with Gasteiger partial charge in [-0.2, -0.15) is 0 Å². The van der Waals surface area contributed by atoms with Crippen molar-refractivity contribution >= 4 is 24.4 Å². The molecule has 0 atom stereocenters. The maximum absolute atomic E-state index is 11.4. The Morgan fingerprint density at radius 1 is 1.12 bits per heavy atom. The number of aliphatic carboxylic acids is 1. The molecule has 17 heavy (non-hydrogen) atoms. The van der Waals surface area contributed by atoms with E-state index in [-0.39, 0.29) is 19.7 Å². The zero-order valence-electron chi connectivity index (χ0n) is 9.30. The van der Waals surface area contributed by atoms with E-state index in [2.05, 4.69) is 14.2 Å². The highest BCUT2D eigenvalue weighted by Gasteiger charge is 2.59. The fourth-order valence-electron chi connectivity index (χ4n) is 0.942. The average molecular weight is 248 g/mol. The smallest absolute Gasteiger partial charge is 0.400 e. The first-order chi connectivity index (χ1) is 7.97. The van der Waals surface area contributed by atoms with Gasteiger partial charge in [-0.15, -0.1) is 0 Å². The Labute approximate surface area is 96.4 Å². The van der Waals surface area contributed by atoms with Gasteiger partial charge in [0.15, 0.2) is 0 Å². The molecule has 0 heterocycles. The average Bonchev–Trinajstić information content (AvgIpc) is 2.25. The minimum Gasteiger partial charge on any atom is -0.477 e. The van der Waals surface area contributed by atoms with Crippen molar-refractivity contribution < 1.29 is 38.5 Å². The molecule has 0 fully saturated rings. The normalized spacial score (nSPS) is 10.2. The first-order valence-corrected chi connectivity index (χ1v) is 4.66. The van der Waals surface area contributed by atoms with Gasteiger partial charge in [0.25, 0.3) is 6.47 Å². The molecule has 0 saturated heterocycles. The van der Waals surface area contributed by atoms with Crippen LogP contribution in [0.3, 0.4) is 0 Å². The largest absolute Gasteiger partial charge is 0.477 e. The predicted molar refractivity (Wildman–Crippen MR) is 50.8 cm³/mol. The van der Waals surface area contributed by atoms with Crippen LogP contribution in [-0.4, -0.2) is 48.3 Å². The van der Waals surface area contributed by atoms with Crippen LogP contribution in [0.25, 0.3) is 0 Å². The van der Waals surface area contributed by atoms with Crippen molar-refractivity contribution in [2.75, 3.05) is 13.2 Å². The number of esters is 2. The topological polar surface area (TPSA) is 116 Å². The molecule has 0 aliphatic rings. The maximum Gasteiger partial charge on any atom is 0.400 e. The molecule has 0 aromatic rings. The molecule has 0 unspecified atom stereocenters. The Hall–Kier alpha value is -2.12. The Balaban J connectivity index is 5.41. The number of ether oxygens (including phenoxy) is 3. The molecule has 0 bridgehead atoms. The van der Waals surface area contributed by atoms with E-state index >= 15 is 0 Å².